The Bertz CT molecular complexity index is 287. The molecule has 0 radical (unpaired) electrons. The topological polar surface area (TPSA) is 61.4 Å². The minimum atomic E-state index is -3.13. The van der Waals surface area contributed by atoms with E-state index in [4.69, 9.17) is 0 Å². The van der Waals surface area contributed by atoms with E-state index in [1.54, 1.807) is 0 Å². The molecular formula is C11H25N3O2S. The highest BCUT2D eigenvalue weighted by atomic mass is 32.2. The van der Waals surface area contributed by atoms with Crippen LogP contribution in [0.25, 0.3) is 0 Å². The second-order valence-corrected chi connectivity index (χ2v) is 6.38. The average molecular weight is 263 g/mol. The van der Waals surface area contributed by atoms with Crippen LogP contribution in [0.3, 0.4) is 0 Å². The third-order valence-corrected chi connectivity index (χ3v) is 4.18. The molecule has 1 aliphatic rings. The first-order valence-electron chi connectivity index (χ1n) is 6.60. The molecular weight excluding hydrogens is 238 g/mol. The molecule has 1 rings (SSSR count). The molecule has 0 aromatic heterocycles. The monoisotopic (exact) mass is 263 g/mol. The van der Waals surface area contributed by atoms with Gasteiger partial charge in [0.15, 0.2) is 0 Å². The number of hydrogen-bond acceptors (Lipinski definition) is 4. The van der Waals surface area contributed by atoms with Crippen molar-refractivity contribution in [3.63, 3.8) is 0 Å². The van der Waals surface area contributed by atoms with Crippen molar-refractivity contribution in [2.24, 2.45) is 0 Å². The van der Waals surface area contributed by atoms with Crippen LogP contribution in [0.1, 0.15) is 39.0 Å². The molecule has 0 saturated carbocycles. The molecule has 102 valence electrons. The Labute approximate surface area is 105 Å². The van der Waals surface area contributed by atoms with Crippen molar-refractivity contribution in [2.75, 3.05) is 31.9 Å². The largest absolute Gasteiger partial charge is 0.317 e. The van der Waals surface area contributed by atoms with Gasteiger partial charge in [0, 0.05) is 13.1 Å². The van der Waals surface area contributed by atoms with Crippen LogP contribution in [0.5, 0.6) is 0 Å². The number of hydrogen-bond donors (Lipinski definition) is 2. The second-order valence-electron chi connectivity index (χ2n) is 4.56. The quantitative estimate of drug-likeness (QED) is 0.633. The zero-order valence-electron chi connectivity index (χ0n) is 10.7. The van der Waals surface area contributed by atoms with Crippen LogP contribution in [0, 0.1) is 0 Å². The van der Waals surface area contributed by atoms with E-state index in [0.717, 1.165) is 45.4 Å². The van der Waals surface area contributed by atoms with Crippen LogP contribution in [0.2, 0.25) is 0 Å². The van der Waals surface area contributed by atoms with Gasteiger partial charge in [-0.2, -0.15) is 0 Å². The van der Waals surface area contributed by atoms with Gasteiger partial charge in [0.1, 0.15) is 0 Å². The lowest BCUT2D eigenvalue weighted by molar-refractivity contribution is 0.200. The summed E-state index contributed by atoms with van der Waals surface area (Å²) in [6.07, 6.45) is 5.13. The molecule has 0 amide bonds. The van der Waals surface area contributed by atoms with E-state index in [1.807, 2.05) is 5.01 Å². The fraction of sp³-hybridized carbons (Fsp3) is 1.00. The molecule has 0 aliphatic carbocycles. The molecule has 0 atom stereocenters. The van der Waals surface area contributed by atoms with Crippen molar-refractivity contribution < 1.29 is 8.42 Å². The first kappa shape index (κ1) is 14.9. The van der Waals surface area contributed by atoms with Crippen LogP contribution in [0.4, 0.5) is 0 Å². The zero-order chi connectivity index (χ0) is 12.6. The first-order chi connectivity index (χ1) is 8.14. The van der Waals surface area contributed by atoms with Crippen molar-refractivity contribution in [2.45, 2.75) is 39.0 Å². The Hall–Kier alpha value is -0.170. The second kappa shape index (κ2) is 8.02. The molecule has 0 bridgehead atoms. The lowest BCUT2D eigenvalue weighted by Gasteiger charge is -2.26. The Kier molecular flexibility index (Phi) is 7.03. The highest BCUT2D eigenvalue weighted by Crippen LogP contribution is 2.06. The van der Waals surface area contributed by atoms with E-state index in [1.165, 1.54) is 6.42 Å². The summed E-state index contributed by atoms with van der Waals surface area (Å²) < 4.78 is 23.5. The molecule has 0 spiro atoms. The molecule has 1 heterocycles. The van der Waals surface area contributed by atoms with Gasteiger partial charge in [-0.25, -0.2) is 13.4 Å². The average Bonchev–Trinajstić information content (AvgIpc) is 2.29. The Morgan fingerprint density at radius 1 is 1.12 bits per heavy atom. The van der Waals surface area contributed by atoms with Crippen molar-refractivity contribution in [3.05, 3.63) is 0 Å². The summed E-state index contributed by atoms with van der Waals surface area (Å²) >= 11 is 0. The summed E-state index contributed by atoms with van der Waals surface area (Å²) in [6.45, 7) is 5.51. The van der Waals surface area contributed by atoms with Crippen molar-refractivity contribution in [1.29, 1.82) is 0 Å². The van der Waals surface area contributed by atoms with Crippen molar-refractivity contribution in [1.82, 2.24) is 15.2 Å². The number of hydrazine groups is 1. The van der Waals surface area contributed by atoms with E-state index in [9.17, 15) is 8.42 Å². The van der Waals surface area contributed by atoms with Crippen LogP contribution >= 0.6 is 0 Å². The van der Waals surface area contributed by atoms with Gasteiger partial charge in [-0.3, -0.25) is 0 Å². The Morgan fingerprint density at radius 2 is 1.82 bits per heavy atom. The fourth-order valence-electron chi connectivity index (χ4n) is 1.92. The summed E-state index contributed by atoms with van der Waals surface area (Å²) in [5.74, 6) is 0.209. The maximum absolute atomic E-state index is 11.8. The third-order valence-electron chi connectivity index (χ3n) is 2.82. The molecule has 2 N–H and O–H groups in total. The summed E-state index contributed by atoms with van der Waals surface area (Å²) in [7, 11) is -3.13. The van der Waals surface area contributed by atoms with Crippen LogP contribution in [-0.4, -0.2) is 45.4 Å². The number of sulfonamides is 1. The van der Waals surface area contributed by atoms with Crippen molar-refractivity contribution >= 4 is 10.0 Å². The SMILES string of the molecule is CCCNCCCS(=O)(=O)NN1CCCCC1. The highest BCUT2D eigenvalue weighted by Gasteiger charge is 2.16. The third kappa shape index (κ3) is 6.98. The number of rotatable bonds is 8. The molecule has 1 aliphatic heterocycles. The van der Waals surface area contributed by atoms with Crippen molar-refractivity contribution in [3.8, 4) is 0 Å². The molecule has 17 heavy (non-hydrogen) atoms. The van der Waals surface area contributed by atoms with Gasteiger partial charge in [0.05, 0.1) is 5.75 Å². The lowest BCUT2D eigenvalue weighted by atomic mass is 10.2. The van der Waals surface area contributed by atoms with Gasteiger partial charge in [-0.05, 0) is 38.8 Å². The minimum absolute atomic E-state index is 0.209. The standard InChI is InChI=1S/C11H25N3O2S/c1-2-7-12-8-6-11-17(15,16)13-14-9-4-3-5-10-14/h12-13H,2-11H2,1H3. The number of piperidine rings is 1. The normalized spacial score (nSPS) is 18.4. The molecule has 5 nitrogen and oxygen atoms in total. The van der Waals surface area contributed by atoms with Gasteiger partial charge in [0.25, 0.3) is 0 Å². The van der Waals surface area contributed by atoms with Crippen LogP contribution < -0.4 is 10.1 Å². The van der Waals surface area contributed by atoms with E-state index in [-0.39, 0.29) is 5.75 Å². The zero-order valence-corrected chi connectivity index (χ0v) is 11.6. The highest BCUT2D eigenvalue weighted by molar-refractivity contribution is 7.89. The lowest BCUT2D eigenvalue weighted by Crippen LogP contribution is -2.46. The number of nitrogens with one attached hydrogen (secondary N) is 2. The Morgan fingerprint density at radius 3 is 2.47 bits per heavy atom. The minimum Gasteiger partial charge on any atom is -0.317 e. The molecule has 1 saturated heterocycles. The van der Waals surface area contributed by atoms with E-state index in [2.05, 4.69) is 17.1 Å². The molecule has 0 unspecified atom stereocenters. The van der Waals surface area contributed by atoms with Gasteiger partial charge in [-0.1, -0.05) is 13.3 Å². The summed E-state index contributed by atoms with van der Waals surface area (Å²) in [6, 6.07) is 0. The Balaban J connectivity index is 2.16. The van der Waals surface area contributed by atoms with Gasteiger partial charge < -0.3 is 5.32 Å². The molecule has 6 heteroatoms. The fourth-order valence-corrected chi connectivity index (χ4v) is 3.11. The summed E-state index contributed by atoms with van der Waals surface area (Å²) in [4.78, 5) is 2.66. The molecule has 0 aromatic carbocycles. The summed E-state index contributed by atoms with van der Waals surface area (Å²) in [5.41, 5.74) is 0. The smallest absolute Gasteiger partial charge is 0.224 e. The van der Waals surface area contributed by atoms with Gasteiger partial charge in [0.2, 0.25) is 10.0 Å². The summed E-state index contributed by atoms with van der Waals surface area (Å²) in [5, 5.41) is 5.04. The molecule has 0 aromatic rings. The van der Waals surface area contributed by atoms with Gasteiger partial charge in [-0.15, -0.1) is 4.83 Å². The first-order valence-corrected chi connectivity index (χ1v) is 8.25. The predicted molar refractivity (Wildman–Crippen MR) is 70.1 cm³/mol. The van der Waals surface area contributed by atoms with E-state index in [0.29, 0.717) is 6.42 Å². The van der Waals surface area contributed by atoms with E-state index >= 15 is 0 Å². The predicted octanol–water partition coefficient (Wildman–Crippen LogP) is 0.696. The molecule has 1 fully saturated rings. The van der Waals surface area contributed by atoms with Crippen LogP contribution in [0.15, 0.2) is 0 Å². The maximum Gasteiger partial charge on any atom is 0.224 e. The van der Waals surface area contributed by atoms with E-state index < -0.39 is 10.0 Å². The van der Waals surface area contributed by atoms with Gasteiger partial charge >= 0.3 is 0 Å². The maximum atomic E-state index is 11.8. The van der Waals surface area contributed by atoms with Crippen LogP contribution in [-0.2, 0) is 10.0 Å². The number of nitrogens with zero attached hydrogens (tertiary/aromatic N) is 1.